The van der Waals surface area contributed by atoms with Crippen molar-refractivity contribution < 1.29 is 14.3 Å². The Morgan fingerprint density at radius 2 is 1.76 bits per heavy atom. The molecule has 0 saturated heterocycles. The molecule has 0 spiro atoms. The van der Waals surface area contributed by atoms with Crippen molar-refractivity contribution in [2.45, 2.75) is 39.2 Å². The number of anilines is 1. The van der Waals surface area contributed by atoms with Gasteiger partial charge in [-0.15, -0.1) is 0 Å². The lowest BCUT2D eigenvalue weighted by Crippen LogP contribution is -2.30. The van der Waals surface area contributed by atoms with Gasteiger partial charge in [0.05, 0.1) is 12.1 Å². The third-order valence-corrected chi connectivity index (χ3v) is 4.12. The van der Waals surface area contributed by atoms with E-state index in [-0.39, 0.29) is 11.3 Å². The van der Waals surface area contributed by atoms with Gasteiger partial charge in [-0.1, -0.05) is 44.5 Å². The molecular formula is C20H24ClNO3. The monoisotopic (exact) mass is 361 g/mol. The van der Waals surface area contributed by atoms with Crippen molar-refractivity contribution in [1.82, 2.24) is 0 Å². The smallest absolute Gasteiger partial charge is 0.265 e. The highest BCUT2D eigenvalue weighted by Crippen LogP contribution is 2.28. The van der Waals surface area contributed by atoms with Crippen LogP contribution in [-0.2, 0) is 10.2 Å². The number of nitrogens with one attached hydrogen (secondary N) is 1. The van der Waals surface area contributed by atoms with E-state index in [1.165, 1.54) is 5.56 Å². The minimum atomic E-state index is -0.638. The van der Waals surface area contributed by atoms with Gasteiger partial charge in [-0.3, -0.25) is 4.79 Å². The second-order valence-corrected chi connectivity index (χ2v) is 7.28. The second kappa shape index (κ2) is 7.79. The van der Waals surface area contributed by atoms with Gasteiger partial charge in [-0.05, 0) is 48.2 Å². The largest absolute Gasteiger partial charge is 0.495 e. The van der Waals surface area contributed by atoms with Crippen LogP contribution in [0, 0.1) is 0 Å². The minimum absolute atomic E-state index is 0.0785. The van der Waals surface area contributed by atoms with Crippen LogP contribution >= 0.6 is 11.6 Å². The van der Waals surface area contributed by atoms with E-state index < -0.39 is 6.10 Å². The standard InChI is InChI=1S/C20H24ClNO3/c1-13(25-16-9-6-14(7-10-16)20(2,3)4)19(23)22-15-8-11-18(24-5)17(21)12-15/h6-13H,1-5H3,(H,22,23)/t13-/m0/s1. The van der Waals surface area contributed by atoms with Gasteiger partial charge in [0, 0.05) is 5.69 Å². The number of hydrogen-bond donors (Lipinski definition) is 1. The van der Waals surface area contributed by atoms with Gasteiger partial charge in [-0.2, -0.15) is 0 Å². The van der Waals surface area contributed by atoms with Crippen LogP contribution in [0.15, 0.2) is 42.5 Å². The summed E-state index contributed by atoms with van der Waals surface area (Å²) < 4.78 is 10.8. The lowest BCUT2D eigenvalue weighted by Gasteiger charge is -2.20. The van der Waals surface area contributed by atoms with Crippen LogP contribution in [0.1, 0.15) is 33.3 Å². The predicted molar refractivity (Wildman–Crippen MR) is 102 cm³/mol. The van der Waals surface area contributed by atoms with Gasteiger partial charge in [0.2, 0.25) is 0 Å². The maximum atomic E-state index is 12.3. The molecule has 4 nitrogen and oxygen atoms in total. The molecule has 0 radical (unpaired) electrons. The first-order valence-electron chi connectivity index (χ1n) is 8.12. The summed E-state index contributed by atoms with van der Waals surface area (Å²) in [7, 11) is 1.54. The number of amides is 1. The summed E-state index contributed by atoms with van der Waals surface area (Å²) in [6, 6.07) is 12.9. The zero-order valence-electron chi connectivity index (χ0n) is 15.2. The number of benzene rings is 2. The van der Waals surface area contributed by atoms with Crippen LogP contribution in [0.25, 0.3) is 0 Å². The Kier molecular flexibility index (Phi) is 5.96. The zero-order valence-corrected chi connectivity index (χ0v) is 16.0. The Hall–Kier alpha value is -2.20. The summed E-state index contributed by atoms with van der Waals surface area (Å²) in [6.07, 6.45) is -0.638. The van der Waals surface area contributed by atoms with Crippen LogP contribution in [0.2, 0.25) is 5.02 Å². The van der Waals surface area contributed by atoms with E-state index in [0.717, 1.165) is 0 Å². The number of halogens is 1. The summed E-state index contributed by atoms with van der Waals surface area (Å²) in [4.78, 5) is 12.3. The Balaban J connectivity index is 1.99. The van der Waals surface area contributed by atoms with E-state index in [1.807, 2.05) is 24.3 Å². The van der Waals surface area contributed by atoms with Crippen molar-refractivity contribution >= 4 is 23.2 Å². The molecule has 0 aliphatic carbocycles. The molecule has 2 aromatic carbocycles. The zero-order chi connectivity index (χ0) is 18.6. The Labute approximate surface area is 154 Å². The van der Waals surface area contributed by atoms with E-state index in [4.69, 9.17) is 21.1 Å². The Morgan fingerprint density at radius 1 is 1.12 bits per heavy atom. The molecule has 134 valence electrons. The molecule has 0 unspecified atom stereocenters. The van der Waals surface area contributed by atoms with Crippen molar-refractivity contribution in [2.24, 2.45) is 0 Å². The highest BCUT2D eigenvalue weighted by Gasteiger charge is 2.17. The van der Waals surface area contributed by atoms with Gasteiger partial charge in [0.1, 0.15) is 11.5 Å². The molecule has 2 aromatic rings. The van der Waals surface area contributed by atoms with Gasteiger partial charge in [-0.25, -0.2) is 0 Å². The topological polar surface area (TPSA) is 47.6 Å². The Morgan fingerprint density at radius 3 is 2.28 bits per heavy atom. The first kappa shape index (κ1) is 19.1. The SMILES string of the molecule is COc1ccc(NC(=O)[C@H](C)Oc2ccc(C(C)(C)C)cc2)cc1Cl. The molecule has 0 heterocycles. The van der Waals surface area contributed by atoms with E-state index in [1.54, 1.807) is 32.2 Å². The number of carbonyl (C=O) groups excluding carboxylic acids is 1. The van der Waals surface area contributed by atoms with E-state index in [9.17, 15) is 4.79 Å². The number of hydrogen-bond acceptors (Lipinski definition) is 3. The van der Waals surface area contributed by atoms with Gasteiger partial charge < -0.3 is 14.8 Å². The van der Waals surface area contributed by atoms with Gasteiger partial charge in [0.25, 0.3) is 5.91 Å². The summed E-state index contributed by atoms with van der Waals surface area (Å²) >= 11 is 6.07. The molecule has 1 amide bonds. The number of rotatable bonds is 5. The summed E-state index contributed by atoms with van der Waals surface area (Å²) in [5.41, 5.74) is 1.88. The van der Waals surface area contributed by atoms with Crippen LogP contribution in [0.4, 0.5) is 5.69 Å². The van der Waals surface area contributed by atoms with Crippen molar-refractivity contribution in [3.8, 4) is 11.5 Å². The van der Waals surface area contributed by atoms with Crippen molar-refractivity contribution in [3.63, 3.8) is 0 Å². The van der Waals surface area contributed by atoms with Crippen molar-refractivity contribution in [1.29, 1.82) is 0 Å². The third-order valence-electron chi connectivity index (χ3n) is 3.82. The quantitative estimate of drug-likeness (QED) is 0.810. The fraction of sp³-hybridized carbons (Fsp3) is 0.350. The van der Waals surface area contributed by atoms with Crippen LogP contribution in [0.5, 0.6) is 11.5 Å². The summed E-state index contributed by atoms with van der Waals surface area (Å²) in [5, 5.41) is 3.22. The van der Waals surface area contributed by atoms with Gasteiger partial charge >= 0.3 is 0 Å². The lowest BCUT2D eigenvalue weighted by molar-refractivity contribution is -0.122. The fourth-order valence-electron chi connectivity index (χ4n) is 2.28. The molecule has 5 heteroatoms. The highest BCUT2D eigenvalue weighted by atomic mass is 35.5. The van der Waals surface area contributed by atoms with Crippen molar-refractivity contribution in [2.75, 3.05) is 12.4 Å². The molecule has 2 rings (SSSR count). The maximum Gasteiger partial charge on any atom is 0.265 e. The molecular weight excluding hydrogens is 338 g/mol. The number of carbonyl (C=O) groups is 1. The lowest BCUT2D eigenvalue weighted by atomic mass is 9.87. The third kappa shape index (κ3) is 5.13. The highest BCUT2D eigenvalue weighted by molar-refractivity contribution is 6.32. The van der Waals surface area contributed by atoms with E-state index >= 15 is 0 Å². The first-order chi connectivity index (χ1) is 11.7. The molecule has 0 bridgehead atoms. The van der Waals surface area contributed by atoms with E-state index in [0.29, 0.717) is 22.2 Å². The number of methoxy groups -OCH3 is 1. The molecule has 25 heavy (non-hydrogen) atoms. The second-order valence-electron chi connectivity index (χ2n) is 6.87. The van der Waals surface area contributed by atoms with Crippen LogP contribution in [-0.4, -0.2) is 19.1 Å². The fourth-order valence-corrected chi connectivity index (χ4v) is 2.54. The van der Waals surface area contributed by atoms with Crippen molar-refractivity contribution in [3.05, 3.63) is 53.1 Å². The molecule has 0 saturated carbocycles. The predicted octanol–water partition coefficient (Wildman–Crippen LogP) is 5.05. The molecule has 0 fully saturated rings. The molecule has 0 aliphatic heterocycles. The van der Waals surface area contributed by atoms with Gasteiger partial charge in [0.15, 0.2) is 6.10 Å². The molecule has 0 aliphatic rings. The molecule has 1 atom stereocenters. The van der Waals surface area contributed by atoms with E-state index in [2.05, 4.69) is 26.1 Å². The average Bonchev–Trinajstić information content (AvgIpc) is 2.54. The molecule has 1 N–H and O–H groups in total. The molecule has 0 aromatic heterocycles. The summed E-state index contributed by atoms with van der Waals surface area (Å²) in [6.45, 7) is 8.16. The normalized spacial score (nSPS) is 12.4. The van der Waals surface area contributed by atoms with Crippen LogP contribution in [0.3, 0.4) is 0 Å². The minimum Gasteiger partial charge on any atom is -0.495 e. The Bertz CT molecular complexity index is 736. The summed E-state index contributed by atoms with van der Waals surface area (Å²) in [5.74, 6) is 0.965. The average molecular weight is 362 g/mol. The first-order valence-corrected chi connectivity index (χ1v) is 8.50. The maximum absolute atomic E-state index is 12.3. The number of ether oxygens (including phenoxy) is 2. The van der Waals surface area contributed by atoms with Crippen LogP contribution < -0.4 is 14.8 Å².